The Morgan fingerprint density at radius 1 is 1.06 bits per heavy atom. The van der Waals surface area contributed by atoms with Crippen molar-refractivity contribution in [1.82, 2.24) is 0 Å². The van der Waals surface area contributed by atoms with E-state index in [1.54, 1.807) is 11.3 Å². The highest BCUT2D eigenvalue weighted by molar-refractivity contribution is 9.09. The molecule has 0 nitrogen and oxygen atoms in total. The number of rotatable bonds is 2. The third-order valence-electron chi connectivity index (χ3n) is 2.83. The van der Waals surface area contributed by atoms with Crippen LogP contribution in [0.2, 0.25) is 0 Å². The maximum absolute atomic E-state index is 3.83. The van der Waals surface area contributed by atoms with E-state index in [9.17, 15) is 0 Å². The normalized spacial score (nSPS) is 13.6. The van der Waals surface area contributed by atoms with E-state index in [1.165, 1.54) is 16.0 Å². The zero-order valence-electron chi connectivity index (χ0n) is 10.4. The molecule has 1 heterocycles. The van der Waals surface area contributed by atoms with Gasteiger partial charge in [0.25, 0.3) is 0 Å². The van der Waals surface area contributed by atoms with Crippen molar-refractivity contribution in [3.63, 3.8) is 0 Å². The second-order valence-electron chi connectivity index (χ2n) is 5.22. The van der Waals surface area contributed by atoms with Crippen molar-refractivity contribution in [2.75, 3.05) is 0 Å². The Labute approximate surface area is 116 Å². The molecule has 1 unspecified atom stereocenters. The summed E-state index contributed by atoms with van der Waals surface area (Å²) in [6.07, 6.45) is 0. The van der Waals surface area contributed by atoms with Gasteiger partial charge in [0.15, 0.2) is 0 Å². The highest BCUT2D eigenvalue weighted by atomic mass is 79.9. The second-order valence-corrected chi connectivity index (χ2v) is 7.11. The van der Waals surface area contributed by atoms with Crippen molar-refractivity contribution in [3.8, 4) is 0 Å². The predicted octanol–water partition coefficient (Wildman–Crippen LogP) is 5.53. The third-order valence-corrected chi connectivity index (χ3v) is 5.06. The van der Waals surface area contributed by atoms with E-state index in [0.29, 0.717) is 4.83 Å². The maximum atomic E-state index is 3.83. The summed E-state index contributed by atoms with van der Waals surface area (Å²) in [5.74, 6) is 0. The Bertz CT molecular complexity index is 480. The molecule has 1 aromatic carbocycles. The molecule has 1 aromatic heterocycles. The van der Waals surface area contributed by atoms with Gasteiger partial charge in [-0.15, -0.1) is 11.3 Å². The molecule has 0 aliphatic carbocycles. The molecule has 0 radical (unpaired) electrons. The van der Waals surface area contributed by atoms with Gasteiger partial charge in [-0.3, -0.25) is 0 Å². The van der Waals surface area contributed by atoms with E-state index in [0.717, 1.165) is 0 Å². The molecule has 0 saturated heterocycles. The Hall–Kier alpha value is -0.600. The molecule has 0 fully saturated rings. The third kappa shape index (κ3) is 2.80. The largest absolute Gasteiger partial charge is 0.147 e. The van der Waals surface area contributed by atoms with E-state index in [4.69, 9.17) is 0 Å². The Morgan fingerprint density at radius 3 is 2.35 bits per heavy atom. The molecular weight excluding hydrogens is 292 g/mol. The summed E-state index contributed by atoms with van der Waals surface area (Å²) in [4.78, 5) is 1.67. The Morgan fingerprint density at radius 2 is 1.76 bits per heavy atom. The van der Waals surface area contributed by atoms with Gasteiger partial charge in [-0.25, -0.2) is 0 Å². The molecule has 2 rings (SSSR count). The van der Waals surface area contributed by atoms with Crippen molar-refractivity contribution >= 4 is 27.3 Å². The van der Waals surface area contributed by atoms with Gasteiger partial charge in [-0.1, -0.05) is 67.0 Å². The molecule has 2 aromatic rings. The smallest absolute Gasteiger partial charge is 0.0740 e. The van der Waals surface area contributed by atoms with Crippen LogP contribution in [0.3, 0.4) is 0 Å². The van der Waals surface area contributed by atoms with E-state index >= 15 is 0 Å². The molecule has 1 atom stereocenters. The van der Waals surface area contributed by atoms with Gasteiger partial charge in [-0.05, 0) is 28.0 Å². The number of halogens is 1. The molecule has 0 N–H and O–H groups in total. The monoisotopic (exact) mass is 308 g/mol. The molecule has 0 amide bonds. The van der Waals surface area contributed by atoms with Crippen LogP contribution in [0.4, 0.5) is 0 Å². The summed E-state index contributed by atoms with van der Waals surface area (Å²) in [5, 5.41) is 2.13. The second kappa shape index (κ2) is 4.95. The maximum Gasteiger partial charge on any atom is 0.0740 e. The van der Waals surface area contributed by atoms with Gasteiger partial charge >= 0.3 is 0 Å². The number of alkyl halides is 1. The lowest BCUT2D eigenvalue weighted by Gasteiger charge is -2.24. The zero-order valence-corrected chi connectivity index (χ0v) is 12.8. The van der Waals surface area contributed by atoms with Crippen molar-refractivity contribution in [2.45, 2.75) is 31.0 Å². The first-order chi connectivity index (χ1) is 8.00. The molecule has 0 saturated carbocycles. The van der Waals surface area contributed by atoms with Crippen molar-refractivity contribution < 1.29 is 0 Å². The van der Waals surface area contributed by atoms with Crippen LogP contribution in [-0.4, -0.2) is 0 Å². The van der Waals surface area contributed by atoms with Crippen LogP contribution in [-0.2, 0) is 5.41 Å². The molecule has 17 heavy (non-hydrogen) atoms. The fraction of sp³-hybridized carbons (Fsp3) is 0.333. The van der Waals surface area contributed by atoms with Gasteiger partial charge in [0.2, 0.25) is 0 Å². The quantitative estimate of drug-likeness (QED) is 0.640. The van der Waals surface area contributed by atoms with Crippen LogP contribution in [0.5, 0.6) is 0 Å². The summed E-state index contributed by atoms with van der Waals surface area (Å²) in [6.45, 7) is 6.79. The fourth-order valence-corrected chi connectivity index (χ4v) is 3.58. The molecule has 0 aliphatic rings. The van der Waals surface area contributed by atoms with Crippen LogP contribution < -0.4 is 0 Å². The van der Waals surface area contributed by atoms with E-state index < -0.39 is 0 Å². The Balaban J connectivity index is 2.46. The summed E-state index contributed by atoms with van der Waals surface area (Å²) in [5.41, 5.74) is 2.97. The van der Waals surface area contributed by atoms with Gasteiger partial charge in [0, 0.05) is 4.88 Å². The molecule has 0 aliphatic heterocycles. The highest BCUT2D eigenvalue weighted by Gasteiger charge is 2.22. The van der Waals surface area contributed by atoms with E-state index in [-0.39, 0.29) is 5.41 Å². The van der Waals surface area contributed by atoms with E-state index in [2.05, 4.69) is 78.5 Å². The minimum absolute atomic E-state index is 0.180. The minimum Gasteiger partial charge on any atom is -0.147 e. The molecule has 90 valence electrons. The summed E-state index contributed by atoms with van der Waals surface area (Å²) in [7, 11) is 0. The first-order valence-electron chi connectivity index (χ1n) is 5.77. The van der Waals surface area contributed by atoms with Gasteiger partial charge in [0.05, 0.1) is 4.83 Å². The first kappa shape index (κ1) is 12.8. The van der Waals surface area contributed by atoms with Crippen molar-refractivity contribution in [3.05, 3.63) is 57.8 Å². The number of hydrogen-bond donors (Lipinski definition) is 0. The standard InChI is InChI=1S/C15H17BrS/c1-15(2,3)12-8-5-4-7-11(12)14(16)13-9-6-10-17-13/h4-10,14H,1-3H3. The lowest BCUT2D eigenvalue weighted by atomic mass is 9.83. The summed E-state index contributed by atoms with van der Waals surface area (Å²) >= 11 is 5.63. The van der Waals surface area contributed by atoms with Gasteiger partial charge in [-0.2, -0.15) is 0 Å². The average molecular weight is 309 g/mol. The molecule has 0 bridgehead atoms. The van der Waals surface area contributed by atoms with Crippen LogP contribution in [0.1, 0.15) is 41.6 Å². The topological polar surface area (TPSA) is 0 Å². The predicted molar refractivity (Wildman–Crippen MR) is 80.2 cm³/mol. The average Bonchev–Trinajstić information content (AvgIpc) is 2.80. The van der Waals surface area contributed by atoms with E-state index in [1.807, 2.05) is 0 Å². The first-order valence-corrected chi connectivity index (χ1v) is 7.56. The van der Waals surface area contributed by atoms with Crippen LogP contribution in [0, 0.1) is 0 Å². The van der Waals surface area contributed by atoms with Crippen LogP contribution in [0.25, 0.3) is 0 Å². The number of hydrogen-bond acceptors (Lipinski definition) is 1. The Kier molecular flexibility index (Phi) is 3.74. The summed E-state index contributed by atoms with van der Waals surface area (Å²) in [6, 6.07) is 13.0. The van der Waals surface area contributed by atoms with Crippen LogP contribution >= 0.6 is 27.3 Å². The summed E-state index contributed by atoms with van der Waals surface area (Å²) < 4.78 is 0. The van der Waals surface area contributed by atoms with Gasteiger partial charge < -0.3 is 0 Å². The lowest BCUT2D eigenvalue weighted by Crippen LogP contribution is -2.14. The molecule has 0 spiro atoms. The van der Waals surface area contributed by atoms with Crippen molar-refractivity contribution in [1.29, 1.82) is 0 Å². The number of thiophene rings is 1. The SMILES string of the molecule is CC(C)(C)c1ccccc1C(Br)c1cccs1. The minimum atomic E-state index is 0.180. The molecular formula is C15H17BrS. The molecule has 2 heteroatoms. The zero-order chi connectivity index (χ0) is 12.5. The van der Waals surface area contributed by atoms with Crippen molar-refractivity contribution in [2.24, 2.45) is 0 Å². The number of benzene rings is 1. The van der Waals surface area contributed by atoms with Gasteiger partial charge in [0.1, 0.15) is 0 Å². The fourth-order valence-electron chi connectivity index (χ4n) is 1.99. The lowest BCUT2D eigenvalue weighted by molar-refractivity contribution is 0.584. The highest BCUT2D eigenvalue weighted by Crippen LogP contribution is 2.39. The van der Waals surface area contributed by atoms with Crippen LogP contribution in [0.15, 0.2) is 41.8 Å².